The third-order valence-electron chi connectivity index (χ3n) is 2.27. The summed E-state index contributed by atoms with van der Waals surface area (Å²) in [5.74, 6) is -0.846. The molecule has 1 atom stereocenters. The molecule has 0 aliphatic rings. The van der Waals surface area contributed by atoms with Crippen LogP contribution in [0.2, 0.25) is 0 Å². The second-order valence-corrected chi connectivity index (χ2v) is 4.63. The molecule has 0 radical (unpaired) electrons. The first-order chi connectivity index (χ1) is 7.66. The number of carboxylic acid groups (broad SMARTS) is 1. The van der Waals surface area contributed by atoms with E-state index in [0.717, 1.165) is 15.2 Å². The highest BCUT2D eigenvalue weighted by molar-refractivity contribution is 7.18. The van der Waals surface area contributed by atoms with Crippen molar-refractivity contribution in [2.24, 2.45) is 0 Å². The van der Waals surface area contributed by atoms with Crippen molar-refractivity contribution in [2.75, 3.05) is 0 Å². The van der Waals surface area contributed by atoms with Gasteiger partial charge in [0.1, 0.15) is 11.0 Å². The van der Waals surface area contributed by atoms with Gasteiger partial charge in [0, 0.05) is 6.54 Å². The first-order valence-electron chi connectivity index (χ1n) is 4.97. The summed E-state index contributed by atoms with van der Waals surface area (Å²) in [7, 11) is 0. The molecule has 1 heterocycles. The first kappa shape index (κ1) is 11.0. The van der Waals surface area contributed by atoms with Crippen molar-refractivity contribution in [2.45, 2.75) is 19.5 Å². The monoisotopic (exact) mass is 236 g/mol. The molecule has 16 heavy (non-hydrogen) atoms. The third kappa shape index (κ3) is 2.37. The number of rotatable bonds is 4. The number of aliphatic carboxylic acids is 1. The molecule has 0 aliphatic carbocycles. The van der Waals surface area contributed by atoms with Gasteiger partial charge in [0.2, 0.25) is 0 Å². The Morgan fingerprint density at radius 2 is 2.31 bits per heavy atom. The minimum absolute atomic E-state index is 0.493. The summed E-state index contributed by atoms with van der Waals surface area (Å²) in [4.78, 5) is 15.0. The molecule has 2 N–H and O–H groups in total. The van der Waals surface area contributed by atoms with Crippen LogP contribution in [-0.4, -0.2) is 22.1 Å². The van der Waals surface area contributed by atoms with Gasteiger partial charge in [-0.25, -0.2) is 4.98 Å². The highest BCUT2D eigenvalue weighted by Crippen LogP contribution is 2.21. The molecule has 2 rings (SSSR count). The lowest BCUT2D eigenvalue weighted by molar-refractivity contribution is -0.139. The van der Waals surface area contributed by atoms with Gasteiger partial charge in [-0.2, -0.15) is 0 Å². The average Bonchev–Trinajstić information content (AvgIpc) is 2.68. The van der Waals surface area contributed by atoms with Crippen LogP contribution in [0.15, 0.2) is 24.3 Å². The molecular weight excluding hydrogens is 224 g/mol. The molecule has 0 amide bonds. The zero-order valence-electron chi connectivity index (χ0n) is 8.80. The first-order valence-corrected chi connectivity index (χ1v) is 5.79. The van der Waals surface area contributed by atoms with Gasteiger partial charge in [-0.1, -0.05) is 12.1 Å². The molecule has 0 unspecified atom stereocenters. The number of benzene rings is 1. The molecule has 0 bridgehead atoms. The maximum absolute atomic E-state index is 10.6. The molecule has 0 aliphatic heterocycles. The predicted molar refractivity (Wildman–Crippen MR) is 63.6 cm³/mol. The lowest BCUT2D eigenvalue weighted by Gasteiger charge is -2.05. The van der Waals surface area contributed by atoms with E-state index in [1.807, 2.05) is 24.3 Å². The van der Waals surface area contributed by atoms with Crippen LogP contribution in [0.5, 0.6) is 0 Å². The number of nitrogens with one attached hydrogen (secondary N) is 1. The molecule has 2 aromatic rings. The summed E-state index contributed by atoms with van der Waals surface area (Å²) < 4.78 is 1.13. The van der Waals surface area contributed by atoms with E-state index < -0.39 is 12.0 Å². The second kappa shape index (κ2) is 4.59. The molecule has 0 saturated heterocycles. The zero-order valence-corrected chi connectivity index (χ0v) is 9.62. The number of hydrogen-bond donors (Lipinski definition) is 2. The number of para-hydroxylation sites is 1. The fourth-order valence-electron chi connectivity index (χ4n) is 1.32. The van der Waals surface area contributed by atoms with Crippen LogP contribution in [0.25, 0.3) is 10.2 Å². The SMILES string of the molecule is C[C@H](NCc1nc2ccccc2s1)C(=O)O. The Morgan fingerprint density at radius 1 is 1.56 bits per heavy atom. The molecular formula is C11H12N2O2S. The molecule has 0 fully saturated rings. The number of nitrogens with zero attached hydrogens (tertiary/aromatic N) is 1. The van der Waals surface area contributed by atoms with Crippen LogP contribution in [0, 0.1) is 0 Å². The predicted octanol–water partition coefficient (Wildman–Crippen LogP) is 1.86. The van der Waals surface area contributed by atoms with Gasteiger partial charge in [0.05, 0.1) is 10.2 Å². The summed E-state index contributed by atoms with van der Waals surface area (Å²) in [6, 6.07) is 7.33. The van der Waals surface area contributed by atoms with Crippen molar-refractivity contribution >= 4 is 27.5 Å². The van der Waals surface area contributed by atoms with Crippen molar-refractivity contribution < 1.29 is 9.90 Å². The van der Waals surface area contributed by atoms with Gasteiger partial charge in [-0.05, 0) is 19.1 Å². The minimum atomic E-state index is -0.846. The second-order valence-electron chi connectivity index (χ2n) is 3.52. The Bertz CT molecular complexity index is 476. The number of carboxylic acids is 1. The van der Waals surface area contributed by atoms with Crippen molar-refractivity contribution in [1.29, 1.82) is 0 Å². The summed E-state index contributed by atoms with van der Waals surface area (Å²) in [6.45, 7) is 2.11. The van der Waals surface area contributed by atoms with E-state index >= 15 is 0 Å². The number of aromatic nitrogens is 1. The molecule has 5 heteroatoms. The van der Waals surface area contributed by atoms with E-state index in [-0.39, 0.29) is 0 Å². The number of hydrogen-bond acceptors (Lipinski definition) is 4. The van der Waals surface area contributed by atoms with E-state index in [9.17, 15) is 4.79 Å². The van der Waals surface area contributed by atoms with Crippen LogP contribution in [0.4, 0.5) is 0 Å². The molecule has 4 nitrogen and oxygen atoms in total. The summed E-state index contributed by atoms with van der Waals surface area (Å²) in [6.07, 6.45) is 0. The lowest BCUT2D eigenvalue weighted by atomic mass is 10.3. The van der Waals surface area contributed by atoms with Gasteiger partial charge in [-0.15, -0.1) is 11.3 Å². The van der Waals surface area contributed by atoms with Crippen molar-refractivity contribution in [3.63, 3.8) is 0 Å². The van der Waals surface area contributed by atoms with Crippen LogP contribution < -0.4 is 5.32 Å². The van der Waals surface area contributed by atoms with Gasteiger partial charge in [0.25, 0.3) is 0 Å². The van der Waals surface area contributed by atoms with Crippen LogP contribution in [0.3, 0.4) is 0 Å². The minimum Gasteiger partial charge on any atom is -0.480 e. The Labute approximate surface area is 96.9 Å². The number of carbonyl (C=O) groups is 1. The molecule has 1 aromatic heterocycles. The standard InChI is InChI=1S/C11H12N2O2S/c1-7(11(14)15)12-6-10-13-8-4-2-3-5-9(8)16-10/h2-5,7,12H,6H2,1H3,(H,14,15)/t7-/m0/s1. The van der Waals surface area contributed by atoms with E-state index in [0.29, 0.717) is 6.54 Å². The molecule has 1 aromatic carbocycles. The van der Waals surface area contributed by atoms with Crippen LogP contribution in [0.1, 0.15) is 11.9 Å². The fraction of sp³-hybridized carbons (Fsp3) is 0.273. The van der Waals surface area contributed by atoms with Gasteiger partial charge >= 0.3 is 5.97 Å². The van der Waals surface area contributed by atoms with Gasteiger partial charge < -0.3 is 5.11 Å². The summed E-state index contributed by atoms with van der Waals surface area (Å²) in [5.41, 5.74) is 0.965. The van der Waals surface area contributed by atoms with Crippen molar-refractivity contribution in [3.05, 3.63) is 29.3 Å². The average molecular weight is 236 g/mol. The quantitative estimate of drug-likeness (QED) is 0.850. The van der Waals surface area contributed by atoms with E-state index in [1.54, 1.807) is 18.3 Å². The highest BCUT2D eigenvalue weighted by Gasteiger charge is 2.10. The number of thiazole rings is 1. The van der Waals surface area contributed by atoms with Crippen molar-refractivity contribution in [1.82, 2.24) is 10.3 Å². The Kier molecular flexibility index (Phi) is 3.17. The van der Waals surface area contributed by atoms with Crippen LogP contribution in [-0.2, 0) is 11.3 Å². The fourth-order valence-corrected chi connectivity index (χ4v) is 2.24. The smallest absolute Gasteiger partial charge is 0.320 e. The normalized spacial score (nSPS) is 12.8. The molecule has 0 spiro atoms. The summed E-state index contributed by atoms with van der Waals surface area (Å²) >= 11 is 1.58. The van der Waals surface area contributed by atoms with E-state index in [2.05, 4.69) is 10.3 Å². The lowest BCUT2D eigenvalue weighted by Crippen LogP contribution is -2.33. The Morgan fingerprint density at radius 3 is 3.00 bits per heavy atom. The van der Waals surface area contributed by atoms with E-state index in [4.69, 9.17) is 5.11 Å². The maximum atomic E-state index is 10.6. The largest absolute Gasteiger partial charge is 0.480 e. The van der Waals surface area contributed by atoms with Crippen molar-refractivity contribution in [3.8, 4) is 0 Å². The molecule has 0 saturated carbocycles. The van der Waals surface area contributed by atoms with Gasteiger partial charge in [0.15, 0.2) is 0 Å². The highest BCUT2D eigenvalue weighted by atomic mass is 32.1. The third-order valence-corrected chi connectivity index (χ3v) is 3.30. The van der Waals surface area contributed by atoms with Gasteiger partial charge in [-0.3, -0.25) is 10.1 Å². The topological polar surface area (TPSA) is 62.2 Å². The maximum Gasteiger partial charge on any atom is 0.320 e. The number of fused-ring (bicyclic) bond motifs is 1. The Hall–Kier alpha value is -1.46. The van der Waals surface area contributed by atoms with Crippen LogP contribution >= 0.6 is 11.3 Å². The molecule has 84 valence electrons. The zero-order chi connectivity index (χ0) is 11.5. The Balaban J connectivity index is 2.07. The summed E-state index contributed by atoms with van der Waals surface area (Å²) in [5, 5.41) is 12.5. The van der Waals surface area contributed by atoms with E-state index in [1.165, 1.54) is 0 Å².